The molecule has 65 heavy (non-hydrogen) atoms. The predicted molar refractivity (Wildman–Crippen MR) is 236 cm³/mol. The van der Waals surface area contributed by atoms with Crippen LogP contribution < -0.4 is 27.4 Å². The van der Waals surface area contributed by atoms with Crippen molar-refractivity contribution in [3.8, 4) is 11.1 Å². The molecule has 0 saturated heterocycles. The number of nitrogens with two attached hydrogens (primary N) is 2. The number of nitrogens with zero attached hydrogens (tertiary/aromatic N) is 4. The van der Waals surface area contributed by atoms with E-state index in [1.807, 2.05) is 51.1 Å². The molecule has 7 amide bonds. The van der Waals surface area contributed by atoms with Gasteiger partial charge >= 0.3 is 0 Å². The second-order valence-electron chi connectivity index (χ2n) is 16.7. The molecular formula is C46H57F2N9O8. The summed E-state index contributed by atoms with van der Waals surface area (Å²) in [5.41, 5.74) is 12.5. The molecule has 348 valence electrons. The topological polar surface area (TPSA) is 252 Å². The van der Waals surface area contributed by atoms with Crippen LogP contribution in [0.2, 0.25) is 0 Å². The maximum atomic E-state index is 15.3. The fraction of sp³-hybridized carbons (Fsp3) is 0.391. The number of hydrogen-bond acceptors (Lipinski definition) is 9. The molecule has 2 aromatic heterocycles. The van der Waals surface area contributed by atoms with Crippen molar-refractivity contribution < 1.29 is 47.4 Å². The van der Waals surface area contributed by atoms with Crippen LogP contribution in [0.1, 0.15) is 70.3 Å². The summed E-state index contributed by atoms with van der Waals surface area (Å²) in [4.78, 5) is 99.9. The first-order chi connectivity index (χ1) is 30.7. The number of hydrogen-bond donors (Lipinski definition) is 6. The number of pyridine rings is 1. The normalized spacial score (nSPS) is 13.6. The Morgan fingerprint density at radius 3 is 2.09 bits per heavy atom. The Labute approximate surface area is 375 Å². The molecule has 0 saturated carbocycles. The van der Waals surface area contributed by atoms with Crippen molar-refractivity contribution in [2.45, 2.75) is 90.6 Å². The average molecular weight is 902 g/mol. The van der Waals surface area contributed by atoms with E-state index in [0.29, 0.717) is 11.3 Å². The van der Waals surface area contributed by atoms with Crippen LogP contribution in [0.25, 0.3) is 11.1 Å². The van der Waals surface area contributed by atoms with Gasteiger partial charge < -0.3 is 46.9 Å². The molecule has 2 heterocycles. The lowest BCUT2D eigenvalue weighted by Gasteiger charge is -2.42. The number of likely N-dealkylation sites (N-methyl/N-ethyl adjacent to an activating group) is 1. The zero-order valence-corrected chi connectivity index (χ0v) is 37.2. The SMILES string of the molecule is CNC(=O)[C@H](CCN(C(=O)CO)[C@@H](c1cc(-c2cc(F)ccc2F)cn1Cc1ccccc1)C(C)(C)C)N(C(=O)[C@H](C)NC(=O)[C@H](C)NC(=O)Cc1ccncc1)[C@@H](CC(N)=O)C(N)=O. The van der Waals surface area contributed by atoms with Gasteiger partial charge in [0.15, 0.2) is 0 Å². The number of carbonyl (C=O) groups excluding carboxylic acids is 7. The summed E-state index contributed by atoms with van der Waals surface area (Å²) in [5.74, 6) is -7.67. The van der Waals surface area contributed by atoms with Gasteiger partial charge in [-0.05, 0) is 73.2 Å². The number of carbonyl (C=O) groups is 7. The van der Waals surface area contributed by atoms with Crippen LogP contribution in [0.5, 0.6) is 0 Å². The summed E-state index contributed by atoms with van der Waals surface area (Å²) < 4.78 is 31.6. The van der Waals surface area contributed by atoms with Crippen molar-refractivity contribution in [3.63, 3.8) is 0 Å². The van der Waals surface area contributed by atoms with E-state index in [1.54, 1.807) is 29.0 Å². The van der Waals surface area contributed by atoms with Gasteiger partial charge in [-0.2, -0.15) is 0 Å². The Hall–Kier alpha value is -7.02. The number of amides is 7. The summed E-state index contributed by atoms with van der Waals surface area (Å²) in [6.45, 7) is 6.91. The highest BCUT2D eigenvalue weighted by molar-refractivity contribution is 5.98. The van der Waals surface area contributed by atoms with Crippen molar-refractivity contribution in [3.05, 3.63) is 114 Å². The standard InChI is InChI=1S/C46H57F2N9O8/c1-27(53-39(60)20-29-14-17-52-18-15-29)43(63)54-28(2)45(65)57(37(42(50)62)23-38(49)59)35(44(64)51-6)16-19-56(40(61)26-58)41(46(3,4)5)36-21-31(33-22-32(47)12-13-34(33)48)25-55(36)24-30-10-8-7-9-11-30/h7-15,17-18,21-22,25,27-28,35,37,41,58H,16,19-20,23-24,26H2,1-6H3,(H2,49,59)(H2,50,62)(H,51,64)(H,53,60)(H,54,63)/t27-,28-,35-,37-,41-/m0/s1. The molecule has 2 aromatic carbocycles. The zero-order chi connectivity index (χ0) is 48.2. The van der Waals surface area contributed by atoms with Gasteiger partial charge in [0.2, 0.25) is 41.4 Å². The highest BCUT2D eigenvalue weighted by atomic mass is 19.1. The number of benzene rings is 2. The Morgan fingerprint density at radius 2 is 1.51 bits per heavy atom. The average Bonchev–Trinajstić information content (AvgIpc) is 3.65. The molecule has 8 N–H and O–H groups in total. The third-order valence-corrected chi connectivity index (χ3v) is 10.7. The summed E-state index contributed by atoms with van der Waals surface area (Å²) in [7, 11) is 1.25. The first kappa shape index (κ1) is 50.6. The van der Waals surface area contributed by atoms with E-state index in [9.17, 15) is 43.1 Å². The highest BCUT2D eigenvalue weighted by Gasteiger charge is 2.43. The van der Waals surface area contributed by atoms with Gasteiger partial charge in [0, 0.05) is 55.5 Å². The Kier molecular flexibility index (Phi) is 17.6. The second kappa shape index (κ2) is 22.6. The number of nitrogens with one attached hydrogen (secondary N) is 3. The minimum absolute atomic E-state index is 0.0468. The van der Waals surface area contributed by atoms with Crippen LogP contribution in [0.4, 0.5) is 8.78 Å². The molecule has 0 unspecified atom stereocenters. The fourth-order valence-electron chi connectivity index (χ4n) is 7.64. The predicted octanol–water partition coefficient (Wildman–Crippen LogP) is 2.10. The Morgan fingerprint density at radius 1 is 0.846 bits per heavy atom. The largest absolute Gasteiger partial charge is 0.387 e. The first-order valence-corrected chi connectivity index (χ1v) is 20.9. The third-order valence-electron chi connectivity index (χ3n) is 10.7. The van der Waals surface area contributed by atoms with Gasteiger partial charge in [-0.1, -0.05) is 51.1 Å². The van der Waals surface area contributed by atoms with Crippen molar-refractivity contribution in [1.82, 2.24) is 35.3 Å². The molecule has 0 aliphatic carbocycles. The van der Waals surface area contributed by atoms with E-state index in [0.717, 1.165) is 28.7 Å². The lowest BCUT2D eigenvalue weighted by Crippen LogP contribution is -2.63. The van der Waals surface area contributed by atoms with Crippen LogP contribution in [0.3, 0.4) is 0 Å². The molecule has 19 heteroatoms. The lowest BCUT2D eigenvalue weighted by atomic mass is 9.82. The second-order valence-corrected chi connectivity index (χ2v) is 16.7. The molecule has 4 aromatic rings. The monoisotopic (exact) mass is 901 g/mol. The van der Waals surface area contributed by atoms with E-state index in [2.05, 4.69) is 20.9 Å². The highest BCUT2D eigenvalue weighted by Crippen LogP contribution is 2.41. The van der Waals surface area contributed by atoms with Crippen LogP contribution >= 0.6 is 0 Å². The van der Waals surface area contributed by atoms with Crippen LogP contribution in [0, 0.1) is 17.0 Å². The van der Waals surface area contributed by atoms with Gasteiger partial charge in [0.1, 0.15) is 42.4 Å². The van der Waals surface area contributed by atoms with E-state index >= 15 is 4.39 Å². The van der Waals surface area contributed by atoms with Gasteiger partial charge in [-0.25, -0.2) is 8.78 Å². The summed E-state index contributed by atoms with van der Waals surface area (Å²) in [6.07, 6.45) is 3.31. The number of primary amides is 2. The lowest BCUT2D eigenvalue weighted by molar-refractivity contribution is -0.151. The van der Waals surface area contributed by atoms with Crippen LogP contribution in [0.15, 0.2) is 85.3 Å². The number of aliphatic hydroxyl groups is 1. The molecule has 0 spiro atoms. The van der Waals surface area contributed by atoms with E-state index in [1.165, 1.54) is 38.2 Å². The molecule has 0 bridgehead atoms. The molecule has 17 nitrogen and oxygen atoms in total. The number of rotatable bonds is 21. The smallest absolute Gasteiger partial charge is 0.248 e. The zero-order valence-electron chi connectivity index (χ0n) is 37.2. The fourth-order valence-corrected chi connectivity index (χ4v) is 7.64. The maximum absolute atomic E-state index is 15.3. The summed E-state index contributed by atoms with van der Waals surface area (Å²) >= 11 is 0. The van der Waals surface area contributed by atoms with Crippen LogP contribution in [-0.4, -0.2) is 110 Å². The molecule has 5 atom stereocenters. The Balaban J connectivity index is 1.76. The van der Waals surface area contributed by atoms with Gasteiger partial charge in [0.05, 0.1) is 18.9 Å². The Bertz CT molecular complexity index is 2340. The summed E-state index contributed by atoms with van der Waals surface area (Å²) in [5, 5.41) is 17.9. The maximum Gasteiger partial charge on any atom is 0.248 e. The molecular weight excluding hydrogens is 845 g/mol. The number of halogens is 2. The van der Waals surface area contributed by atoms with E-state index in [4.69, 9.17) is 11.5 Å². The van der Waals surface area contributed by atoms with Crippen molar-refractivity contribution >= 4 is 41.4 Å². The van der Waals surface area contributed by atoms with Gasteiger partial charge in [-0.15, -0.1) is 0 Å². The van der Waals surface area contributed by atoms with E-state index < -0.39 is 108 Å². The number of aliphatic hydroxyl groups excluding tert-OH is 1. The first-order valence-electron chi connectivity index (χ1n) is 20.9. The minimum atomic E-state index is -1.83. The van der Waals surface area contributed by atoms with Crippen molar-refractivity contribution in [1.29, 1.82) is 0 Å². The minimum Gasteiger partial charge on any atom is -0.387 e. The molecule has 0 radical (unpaired) electrons. The third kappa shape index (κ3) is 13.5. The van der Waals surface area contributed by atoms with Crippen molar-refractivity contribution in [2.75, 3.05) is 20.2 Å². The summed E-state index contributed by atoms with van der Waals surface area (Å²) in [6, 6.07) is 10.0. The van der Waals surface area contributed by atoms with E-state index in [-0.39, 0.29) is 30.6 Å². The van der Waals surface area contributed by atoms with Crippen molar-refractivity contribution in [2.24, 2.45) is 16.9 Å². The van der Waals surface area contributed by atoms with Gasteiger partial charge in [0.25, 0.3) is 0 Å². The molecule has 4 rings (SSSR count). The quantitative estimate of drug-likeness (QED) is 0.0716. The number of aromatic nitrogens is 2. The van der Waals surface area contributed by atoms with Crippen LogP contribution in [-0.2, 0) is 46.5 Å². The molecule has 0 fully saturated rings. The molecule has 0 aliphatic rings. The molecule has 0 aliphatic heterocycles. The van der Waals surface area contributed by atoms with Gasteiger partial charge in [-0.3, -0.25) is 38.5 Å².